The molecule has 0 aromatic carbocycles. The second kappa shape index (κ2) is 3.35. The van der Waals surface area contributed by atoms with Crippen molar-refractivity contribution in [1.29, 1.82) is 0 Å². The van der Waals surface area contributed by atoms with Crippen LogP contribution in [0.4, 0.5) is 0 Å². The zero-order valence-corrected chi connectivity index (χ0v) is 8.10. The first-order valence-corrected chi connectivity index (χ1v) is 3.80. The van der Waals surface area contributed by atoms with Crippen LogP contribution in [0.1, 0.15) is 20.3 Å². The van der Waals surface area contributed by atoms with Crippen molar-refractivity contribution in [2.24, 2.45) is 0 Å². The molecule has 0 aliphatic carbocycles. The fourth-order valence-corrected chi connectivity index (χ4v) is 1.03. The molecule has 2 heteroatoms. The Morgan fingerprint density at radius 3 is 1.30 bits per heavy atom. The van der Waals surface area contributed by atoms with E-state index in [2.05, 4.69) is 51.8 Å². The van der Waals surface area contributed by atoms with Crippen LogP contribution in [0.15, 0.2) is 0 Å². The van der Waals surface area contributed by atoms with Gasteiger partial charge in [-0.15, -0.1) is 0 Å². The Hall–Kier alpha value is -0.0800. The van der Waals surface area contributed by atoms with Crippen molar-refractivity contribution >= 4 is 0 Å². The van der Waals surface area contributed by atoms with Crippen LogP contribution in [0.2, 0.25) is 0 Å². The highest BCUT2D eigenvalue weighted by molar-refractivity contribution is 4.77. The maximum atomic E-state index is 2.24. The lowest BCUT2D eigenvalue weighted by Gasteiger charge is -2.41. The van der Waals surface area contributed by atoms with E-state index < -0.39 is 0 Å². The van der Waals surface area contributed by atoms with E-state index in [-0.39, 0.29) is 5.66 Å². The largest absolute Gasteiger partial charge is 0.292 e. The first-order chi connectivity index (χ1) is 4.45. The van der Waals surface area contributed by atoms with E-state index in [1.54, 1.807) is 0 Å². The lowest BCUT2D eigenvalue weighted by molar-refractivity contribution is 0.0179. The van der Waals surface area contributed by atoms with Crippen molar-refractivity contribution in [2.75, 3.05) is 28.2 Å². The lowest BCUT2D eigenvalue weighted by Crippen LogP contribution is -2.52. The van der Waals surface area contributed by atoms with Crippen molar-refractivity contribution in [2.45, 2.75) is 25.9 Å². The molecule has 10 heavy (non-hydrogen) atoms. The molecule has 2 nitrogen and oxygen atoms in total. The number of nitrogens with zero attached hydrogens (tertiary/aromatic N) is 2. The van der Waals surface area contributed by atoms with Crippen molar-refractivity contribution in [3.63, 3.8) is 0 Å². The van der Waals surface area contributed by atoms with Crippen LogP contribution in [0.25, 0.3) is 0 Å². The third-order valence-corrected chi connectivity index (χ3v) is 2.60. The van der Waals surface area contributed by atoms with E-state index in [0.29, 0.717) is 0 Å². The summed E-state index contributed by atoms with van der Waals surface area (Å²) in [4.78, 5) is 4.49. The van der Waals surface area contributed by atoms with E-state index in [9.17, 15) is 0 Å². The van der Waals surface area contributed by atoms with Gasteiger partial charge in [-0.2, -0.15) is 0 Å². The topological polar surface area (TPSA) is 6.48 Å². The average Bonchev–Trinajstić information content (AvgIpc) is 1.85. The molecule has 0 spiro atoms. The number of hydrogen-bond donors (Lipinski definition) is 0. The van der Waals surface area contributed by atoms with Crippen LogP contribution in [0.5, 0.6) is 0 Å². The van der Waals surface area contributed by atoms with Crippen LogP contribution in [-0.4, -0.2) is 43.7 Å². The molecule has 0 aliphatic rings. The summed E-state index contributed by atoms with van der Waals surface area (Å²) < 4.78 is 0. The van der Waals surface area contributed by atoms with Gasteiger partial charge in [0.25, 0.3) is 0 Å². The Morgan fingerprint density at radius 2 is 1.30 bits per heavy atom. The Balaban J connectivity index is 4.23. The molecule has 0 amide bonds. The van der Waals surface area contributed by atoms with Crippen LogP contribution in [0.3, 0.4) is 0 Å². The summed E-state index contributed by atoms with van der Waals surface area (Å²) >= 11 is 0. The Labute approximate surface area is 64.8 Å². The molecule has 0 unspecified atom stereocenters. The first-order valence-electron chi connectivity index (χ1n) is 3.80. The smallest absolute Gasteiger partial charge is 0.0696 e. The molecular formula is C8H20N2. The molecule has 0 radical (unpaired) electrons. The van der Waals surface area contributed by atoms with Gasteiger partial charge < -0.3 is 0 Å². The molecule has 0 aromatic heterocycles. The molecule has 0 bridgehead atoms. The van der Waals surface area contributed by atoms with Crippen LogP contribution < -0.4 is 0 Å². The van der Waals surface area contributed by atoms with Crippen LogP contribution in [-0.2, 0) is 0 Å². The lowest BCUT2D eigenvalue weighted by atomic mass is 10.1. The molecule has 0 atom stereocenters. The quantitative estimate of drug-likeness (QED) is 0.550. The zero-order valence-electron chi connectivity index (χ0n) is 8.10. The summed E-state index contributed by atoms with van der Waals surface area (Å²) in [5, 5.41) is 0. The molecule has 0 aromatic rings. The summed E-state index contributed by atoms with van der Waals surface area (Å²) in [5.41, 5.74) is 0.208. The molecule has 0 N–H and O–H groups in total. The fraction of sp³-hybridized carbons (Fsp3) is 1.00. The average molecular weight is 144 g/mol. The van der Waals surface area contributed by atoms with Crippen molar-refractivity contribution in [3.05, 3.63) is 0 Å². The highest BCUT2D eigenvalue weighted by Gasteiger charge is 2.26. The summed E-state index contributed by atoms with van der Waals surface area (Å²) in [6.07, 6.45) is 1.15. The van der Waals surface area contributed by atoms with Gasteiger partial charge in [-0.3, -0.25) is 9.80 Å². The van der Waals surface area contributed by atoms with Crippen LogP contribution >= 0.6 is 0 Å². The predicted octanol–water partition coefficient (Wildman–Crippen LogP) is 1.24. The van der Waals surface area contributed by atoms with Gasteiger partial charge in [0.1, 0.15) is 0 Å². The molecular weight excluding hydrogens is 124 g/mol. The molecule has 0 saturated heterocycles. The van der Waals surface area contributed by atoms with E-state index in [1.165, 1.54) is 0 Å². The Bertz CT molecular complexity index is 89.4. The molecule has 0 fully saturated rings. The summed E-state index contributed by atoms with van der Waals surface area (Å²) in [6.45, 7) is 4.45. The highest BCUT2D eigenvalue weighted by atomic mass is 15.3. The minimum Gasteiger partial charge on any atom is -0.292 e. The summed E-state index contributed by atoms with van der Waals surface area (Å²) in [6, 6.07) is 0. The highest BCUT2D eigenvalue weighted by Crippen LogP contribution is 2.17. The van der Waals surface area contributed by atoms with E-state index in [0.717, 1.165) is 6.42 Å². The SMILES string of the molecule is CCC(C)(N(C)C)N(C)C. The van der Waals surface area contributed by atoms with Gasteiger partial charge in [-0.1, -0.05) is 6.92 Å². The monoisotopic (exact) mass is 144 g/mol. The van der Waals surface area contributed by atoms with Crippen molar-refractivity contribution in [3.8, 4) is 0 Å². The Kier molecular flexibility index (Phi) is 3.33. The number of rotatable bonds is 3. The maximum Gasteiger partial charge on any atom is 0.0696 e. The first kappa shape index (κ1) is 9.92. The second-order valence-electron chi connectivity index (χ2n) is 3.36. The summed E-state index contributed by atoms with van der Waals surface area (Å²) in [7, 11) is 8.46. The molecule has 0 rings (SSSR count). The van der Waals surface area contributed by atoms with Gasteiger partial charge >= 0.3 is 0 Å². The molecule has 0 saturated carbocycles. The third-order valence-electron chi connectivity index (χ3n) is 2.60. The second-order valence-corrected chi connectivity index (χ2v) is 3.36. The van der Waals surface area contributed by atoms with Gasteiger partial charge in [0, 0.05) is 0 Å². The summed E-state index contributed by atoms with van der Waals surface area (Å²) in [5.74, 6) is 0. The van der Waals surface area contributed by atoms with Gasteiger partial charge in [0.05, 0.1) is 5.66 Å². The Morgan fingerprint density at radius 1 is 1.00 bits per heavy atom. The van der Waals surface area contributed by atoms with E-state index >= 15 is 0 Å². The fourth-order valence-electron chi connectivity index (χ4n) is 1.03. The zero-order chi connectivity index (χ0) is 8.36. The molecule has 0 aliphatic heterocycles. The van der Waals surface area contributed by atoms with Gasteiger partial charge in [-0.25, -0.2) is 0 Å². The van der Waals surface area contributed by atoms with Crippen molar-refractivity contribution in [1.82, 2.24) is 9.80 Å². The minimum atomic E-state index is 0.208. The maximum absolute atomic E-state index is 2.24. The van der Waals surface area contributed by atoms with E-state index in [1.807, 2.05) is 0 Å². The third kappa shape index (κ3) is 1.70. The van der Waals surface area contributed by atoms with Crippen molar-refractivity contribution < 1.29 is 0 Å². The van der Waals surface area contributed by atoms with Crippen LogP contribution in [0, 0.1) is 0 Å². The van der Waals surface area contributed by atoms with Gasteiger partial charge in [0.15, 0.2) is 0 Å². The van der Waals surface area contributed by atoms with E-state index in [4.69, 9.17) is 0 Å². The minimum absolute atomic E-state index is 0.208. The number of hydrogen-bond acceptors (Lipinski definition) is 2. The predicted molar refractivity (Wildman–Crippen MR) is 46.1 cm³/mol. The van der Waals surface area contributed by atoms with Gasteiger partial charge in [-0.05, 0) is 41.5 Å². The van der Waals surface area contributed by atoms with Gasteiger partial charge in [0.2, 0.25) is 0 Å². The normalized spacial score (nSPS) is 13.2. The standard InChI is InChI=1S/C8H20N2/c1-7-8(2,9(3)4)10(5)6/h7H2,1-6H3. The molecule has 0 heterocycles. The molecule has 62 valence electrons.